The van der Waals surface area contributed by atoms with E-state index in [9.17, 15) is 8.78 Å². The van der Waals surface area contributed by atoms with Gasteiger partial charge in [-0.3, -0.25) is 0 Å². The molecule has 0 fully saturated rings. The van der Waals surface area contributed by atoms with Gasteiger partial charge in [0.25, 0.3) is 0 Å². The molecule has 1 N–H and O–H groups in total. The Labute approximate surface area is 171 Å². The molecule has 0 bridgehead atoms. The summed E-state index contributed by atoms with van der Waals surface area (Å²) in [7, 11) is 1.34. The molecule has 0 saturated carbocycles. The van der Waals surface area contributed by atoms with E-state index in [4.69, 9.17) is 19.3 Å². The summed E-state index contributed by atoms with van der Waals surface area (Å²) >= 11 is 0. The van der Waals surface area contributed by atoms with E-state index in [1.165, 1.54) is 25.3 Å². The van der Waals surface area contributed by atoms with Crippen molar-refractivity contribution in [2.45, 2.75) is 20.1 Å². The highest BCUT2D eigenvalue weighted by molar-refractivity contribution is 5.61. The lowest BCUT2D eigenvalue weighted by atomic mass is 10.2. The second kappa shape index (κ2) is 9.56. The lowest BCUT2D eigenvalue weighted by Gasteiger charge is -2.11. The molecular weight excluding hydrogens is 398 g/mol. The molecule has 0 amide bonds. The number of aromatic nitrogens is 2. The highest BCUT2D eigenvalue weighted by atomic mass is 19.3. The van der Waals surface area contributed by atoms with Crippen LogP contribution >= 0.6 is 0 Å². The molecule has 30 heavy (non-hydrogen) atoms. The minimum Gasteiger partial charge on any atom is -0.493 e. The van der Waals surface area contributed by atoms with Crippen molar-refractivity contribution in [3.8, 4) is 34.7 Å². The molecule has 1 heterocycles. The minimum absolute atomic E-state index is 0.0949. The van der Waals surface area contributed by atoms with Gasteiger partial charge in [-0.15, -0.1) is 0 Å². The third-order valence-corrected chi connectivity index (χ3v) is 3.94. The number of hydrogen-bond acceptors (Lipinski definition) is 8. The van der Waals surface area contributed by atoms with Gasteiger partial charge in [0.05, 0.1) is 37.6 Å². The number of rotatable bonds is 9. The second-order valence-electron chi connectivity index (χ2n) is 5.87. The van der Waals surface area contributed by atoms with Crippen LogP contribution in [-0.2, 0) is 6.54 Å². The number of methoxy groups -OCH3 is 1. The minimum atomic E-state index is -2.96. The van der Waals surface area contributed by atoms with Crippen molar-refractivity contribution in [1.82, 2.24) is 10.1 Å². The molecule has 0 atom stereocenters. The van der Waals surface area contributed by atoms with Crippen molar-refractivity contribution < 1.29 is 27.5 Å². The van der Waals surface area contributed by atoms with Crippen molar-refractivity contribution in [2.75, 3.05) is 19.0 Å². The van der Waals surface area contributed by atoms with E-state index < -0.39 is 6.61 Å². The Hall–Kier alpha value is -3.87. The quantitative estimate of drug-likeness (QED) is 0.553. The van der Waals surface area contributed by atoms with Crippen LogP contribution in [0.3, 0.4) is 0 Å². The zero-order valence-corrected chi connectivity index (χ0v) is 16.2. The zero-order valence-electron chi connectivity index (χ0n) is 16.2. The van der Waals surface area contributed by atoms with Crippen LogP contribution in [0.2, 0.25) is 0 Å². The summed E-state index contributed by atoms with van der Waals surface area (Å²) in [5.74, 6) is 1.15. The van der Waals surface area contributed by atoms with E-state index in [1.54, 1.807) is 18.2 Å². The van der Waals surface area contributed by atoms with Crippen molar-refractivity contribution in [3.05, 3.63) is 47.9 Å². The molecule has 3 aromatic rings. The van der Waals surface area contributed by atoms with E-state index in [-0.39, 0.29) is 29.8 Å². The number of nitriles is 1. The van der Waals surface area contributed by atoms with Gasteiger partial charge in [-0.05, 0) is 43.3 Å². The first kappa shape index (κ1) is 20.9. The van der Waals surface area contributed by atoms with Crippen molar-refractivity contribution in [1.29, 1.82) is 5.26 Å². The molecule has 1 aromatic heterocycles. The number of nitrogens with one attached hydrogen (secondary N) is 1. The molecular formula is C20H18F2N4O4. The van der Waals surface area contributed by atoms with E-state index in [2.05, 4.69) is 26.3 Å². The van der Waals surface area contributed by atoms with Gasteiger partial charge in [-0.2, -0.15) is 19.0 Å². The monoisotopic (exact) mass is 416 g/mol. The number of ether oxygens (including phenoxy) is 3. The molecule has 0 aliphatic carbocycles. The predicted molar refractivity (Wildman–Crippen MR) is 103 cm³/mol. The number of benzene rings is 2. The first-order valence-electron chi connectivity index (χ1n) is 8.90. The maximum atomic E-state index is 12.5. The number of halogens is 2. The van der Waals surface area contributed by atoms with E-state index in [0.717, 1.165) is 0 Å². The Morgan fingerprint density at radius 3 is 2.67 bits per heavy atom. The Kier molecular flexibility index (Phi) is 6.64. The van der Waals surface area contributed by atoms with Gasteiger partial charge in [0.1, 0.15) is 5.75 Å². The van der Waals surface area contributed by atoms with Crippen LogP contribution in [0.5, 0.6) is 17.2 Å². The topological polar surface area (TPSA) is 102 Å². The second-order valence-corrected chi connectivity index (χ2v) is 5.87. The highest BCUT2D eigenvalue weighted by Crippen LogP contribution is 2.32. The predicted octanol–water partition coefficient (Wildman–Crippen LogP) is 4.23. The summed E-state index contributed by atoms with van der Waals surface area (Å²) in [6.45, 7) is -0.448. The Morgan fingerprint density at radius 2 is 1.97 bits per heavy atom. The summed E-state index contributed by atoms with van der Waals surface area (Å²) in [6, 6.07) is 11.4. The smallest absolute Gasteiger partial charge is 0.387 e. The summed E-state index contributed by atoms with van der Waals surface area (Å²) in [5, 5.41) is 16.1. The fourth-order valence-electron chi connectivity index (χ4n) is 2.63. The zero-order chi connectivity index (χ0) is 21.5. The Morgan fingerprint density at radius 1 is 1.17 bits per heavy atom. The van der Waals surface area contributed by atoms with Gasteiger partial charge >= 0.3 is 6.61 Å². The lowest BCUT2D eigenvalue weighted by molar-refractivity contribution is -0.0512. The van der Waals surface area contributed by atoms with Crippen LogP contribution in [0.4, 0.5) is 14.5 Å². The number of anilines is 1. The third kappa shape index (κ3) is 4.94. The molecule has 0 radical (unpaired) electrons. The molecule has 0 saturated heterocycles. The summed E-state index contributed by atoms with van der Waals surface area (Å²) in [5.41, 5.74) is 1.60. The highest BCUT2D eigenvalue weighted by Gasteiger charge is 2.15. The van der Waals surface area contributed by atoms with Crippen LogP contribution in [0.15, 0.2) is 40.9 Å². The fraction of sp³-hybridized carbons (Fsp3) is 0.250. The van der Waals surface area contributed by atoms with Gasteiger partial charge in [0, 0.05) is 5.56 Å². The molecule has 8 nitrogen and oxygen atoms in total. The molecule has 10 heteroatoms. The average molecular weight is 416 g/mol. The first-order valence-corrected chi connectivity index (χ1v) is 8.90. The maximum Gasteiger partial charge on any atom is 0.387 e. The molecule has 0 aliphatic heterocycles. The number of nitrogens with zero attached hydrogens (tertiary/aromatic N) is 3. The Balaban J connectivity index is 1.75. The summed E-state index contributed by atoms with van der Waals surface area (Å²) in [4.78, 5) is 4.29. The van der Waals surface area contributed by atoms with Gasteiger partial charge in [-0.1, -0.05) is 5.16 Å². The summed E-state index contributed by atoms with van der Waals surface area (Å²) < 4.78 is 45.2. The standard InChI is InChI=1S/C20H18F2N4O4/c1-3-28-15-6-4-12(10-23)8-14(15)24-11-18-25-19(26-30-18)13-5-7-16(29-20(21)22)17(9-13)27-2/h4-9,20,24H,3,11H2,1-2H3. The van der Waals surface area contributed by atoms with Crippen LogP contribution in [-0.4, -0.2) is 30.5 Å². The van der Waals surface area contributed by atoms with Gasteiger partial charge in [0.15, 0.2) is 11.5 Å². The lowest BCUT2D eigenvalue weighted by Crippen LogP contribution is -2.04. The van der Waals surface area contributed by atoms with Crippen molar-refractivity contribution >= 4 is 5.69 Å². The normalized spacial score (nSPS) is 10.5. The number of alkyl halides is 2. The largest absolute Gasteiger partial charge is 0.493 e. The van der Waals surface area contributed by atoms with Crippen molar-refractivity contribution in [3.63, 3.8) is 0 Å². The van der Waals surface area contributed by atoms with Crippen LogP contribution in [0.25, 0.3) is 11.4 Å². The molecule has 3 rings (SSSR count). The Bertz CT molecular complexity index is 1050. The van der Waals surface area contributed by atoms with Gasteiger partial charge < -0.3 is 24.1 Å². The molecule has 156 valence electrons. The molecule has 0 aliphatic rings. The average Bonchev–Trinajstić information content (AvgIpc) is 3.22. The molecule has 0 spiro atoms. The first-order chi connectivity index (χ1) is 14.5. The molecule has 0 unspecified atom stereocenters. The van der Waals surface area contributed by atoms with Crippen LogP contribution < -0.4 is 19.5 Å². The third-order valence-electron chi connectivity index (χ3n) is 3.94. The molecule has 2 aromatic carbocycles. The fourth-order valence-corrected chi connectivity index (χ4v) is 2.63. The van der Waals surface area contributed by atoms with Crippen LogP contribution in [0.1, 0.15) is 18.4 Å². The van der Waals surface area contributed by atoms with Crippen molar-refractivity contribution in [2.24, 2.45) is 0 Å². The van der Waals surface area contributed by atoms with E-state index in [0.29, 0.717) is 29.2 Å². The number of hydrogen-bond donors (Lipinski definition) is 1. The SMILES string of the molecule is CCOc1ccc(C#N)cc1NCc1nc(-c2ccc(OC(F)F)c(OC)c2)no1. The van der Waals surface area contributed by atoms with Crippen LogP contribution in [0, 0.1) is 11.3 Å². The van der Waals surface area contributed by atoms with E-state index in [1.807, 2.05) is 6.92 Å². The van der Waals surface area contributed by atoms with Gasteiger partial charge in [-0.25, -0.2) is 0 Å². The summed E-state index contributed by atoms with van der Waals surface area (Å²) in [6.07, 6.45) is 0. The van der Waals surface area contributed by atoms with Gasteiger partial charge in [0.2, 0.25) is 11.7 Å². The van der Waals surface area contributed by atoms with E-state index >= 15 is 0 Å². The maximum absolute atomic E-state index is 12.5.